The highest BCUT2D eigenvalue weighted by molar-refractivity contribution is 7.93. The first kappa shape index (κ1) is 17.3. The van der Waals surface area contributed by atoms with Gasteiger partial charge in [0.25, 0.3) is 5.91 Å². The summed E-state index contributed by atoms with van der Waals surface area (Å²) in [6.45, 7) is 0.128. The Kier molecular flexibility index (Phi) is 3.94. The van der Waals surface area contributed by atoms with E-state index in [0.29, 0.717) is 18.0 Å². The molecule has 1 spiro atoms. The quantitative estimate of drug-likeness (QED) is 0.765. The fraction of sp³-hybridized carbons (Fsp3) is 0.588. The second kappa shape index (κ2) is 5.94. The van der Waals surface area contributed by atoms with Crippen LogP contribution in [0.4, 0.5) is 5.82 Å². The molecule has 8 nitrogen and oxygen atoms in total. The number of nitrogens with one attached hydrogen (secondary N) is 2. The van der Waals surface area contributed by atoms with Crippen molar-refractivity contribution in [1.82, 2.24) is 15.2 Å². The summed E-state index contributed by atoms with van der Waals surface area (Å²) < 4.78 is 23.9. The Bertz CT molecular complexity index is 842. The Morgan fingerprint density at radius 1 is 1.23 bits per heavy atom. The maximum Gasteiger partial charge on any atom is 0.255 e. The summed E-state index contributed by atoms with van der Waals surface area (Å²) in [5.74, 6) is -0.378. The van der Waals surface area contributed by atoms with Gasteiger partial charge in [-0.2, -0.15) is 0 Å². The van der Waals surface area contributed by atoms with E-state index in [9.17, 15) is 18.0 Å². The lowest BCUT2D eigenvalue weighted by atomic mass is 9.82. The van der Waals surface area contributed by atoms with E-state index in [0.717, 1.165) is 18.7 Å². The van der Waals surface area contributed by atoms with Gasteiger partial charge in [-0.25, -0.2) is 13.4 Å². The monoisotopic (exact) mass is 378 g/mol. The Morgan fingerprint density at radius 2 is 1.96 bits per heavy atom. The van der Waals surface area contributed by atoms with Gasteiger partial charge in [0.05, 0.1) is 17.2 Å². The SMILES string of the molecule is CNC(=O)C1CCS(=O)(=O)C12CN(C(=O)c1ccc(NC3CC3)nc1)C2. The van der Waals surface area contributed by atoms with Crippen molar-refractivity contribution in [2.24, 2.45) is 5.92 Å². The first-order valence-electron chi connectivity index (χ1n) is 8.82. The van der Waals surface area contributed by atoms with E-state index in [1.54, 1.807) is 12.1 Å². The highest BCUT2D eigenvalue weighted by atomic mass is 32.2. The zero-order valence-electron chi connectivity index (χ0n) is 14.6. The molecule has 1 aromatic heterocycles. The highest BCUT2D eigenvalue weighted by Crippen LogP contribution is 2.45. The number of rotatable bonds is 4. The van der Waals surface area contributed by atoms with Crippen LogP contribution in [0.2, 0.25) is 0 Å². The van der Waals surface area contributed by atoms with Crippen molar-refractivity contribution in [3.63, 3.8) is 0 Å². The predicted molar refractivity (Wildman–Crippen MR) is 95.5 cm³/mol. The summed E-state index contributed by atoms with van der Waals surface area (Å²) >= 11 is 0. The minimum atomic E-state index is -3.40. The van der Waals surface area contributed by atoms with E-state index < -0.39 is 20.5 Å². The Labute approximate surface area is 152 Å². The number of carbonyl (C=O) groups excluding carboxylic acids is 2. The molecule has 1 aromatic rings. The molecule has 0 bridgehead atoms. The predicted octanol–water partition coefficient (Wildman–Crippen LogP) is 0.0312. The number of hydrogen-bond donors (Lipinski definition) is 2. The molecule has 1 unspecified atom stereocenters. The fourth-order valence-corrected chi connectivity index (χ4v) is 6.20. The van der Waals surface area contributed by atoms with Crippen LogP contribution >= 0.6 is 0 Å². The van der Waals surface area contributed by atoms with E-state index >= 15 is 0 Å². The number of sulfone groups is 1. The van der Waals surface area contributed by atoms with Gasteiger partial charge in [0.1, 0.15) is 10.6 Å². The normalized spacial score (nSPS) is 25.6. The van der Waals surface area contributed by atoms with Crippen LogP contribution in [-0.2, 0) is 14.6 Å². The maximum atomic E-state index is 12.6. The number of likely N-dealkylation sites (tertiary alicyclic amines) is 1. The summed E-state index contributed by atoms with van der Waals surface area (Å²) in [6, 6.07) is 3.94. The van der Waals surface area contributed by atoms with Gasteiger partial charge in [-0.05, 0) is 31.4 Å². The van der Waals surface area contributed by atoms with Gasteiger partial charge in [-0.1, -0.05) is 0 Å². The Hall–Kier alpha value is -2.16. The van der Waals surface area contributed by atoms with Gasteiger partial charge in [-0.15, -0.1) is 0 Å². The summed E-state index contributed by atoms with van der Waals surface area (Å²) in [7, 11) is -1.89. The molecule has 3 fully saturated rings. The lowest BCUT2D eigenvalue weighted by molar-refractivity contribution is -0.126. The third-order valence-electron chi connectivity index (χ3n) is 5.64. The molecule has 3 aliphatic rings. The average Bonchev–Trinajstić information content (AvgIpc) is 3.35. The first-order chi connectivity index (χ1) is 12.4. The molecule has 26 heavy (non-hydrogen) atoms. The van der Waals surface area contributed by atoms with Crippen molar-refractivity contribution in [1.29, 1.82) is 0 Å². The van der Waals surface area contributed by atoms with Crippen molar-refractivity contribution in [2.75, 3.05) is 31.2 Å². The lowest BCUT2D eigenvalue weighted by Crippen LogP contribution is -2.69. The number of hydrogen-bond acceptors (Lipinski definition) is 6. The molecule has 1 saturated carbocycles. The molecular weight excluding hydrogens is 356 g/mol. The Morgan fingerprint density at radius 3 is 2.54 bits per heavy atom. The van der Waals surface area contributed by atoms with E-state index in [2.05, 4.69) is 15.6 Å². The minimum absolute atomic E-state index is 0.00376. The van der Waals surface area contributed by atoms with Gasteiger partial charge in [0, 0.05) is 32.4 Å². The maximum absolute atomic E-state index is 12.6. The molecular formula is C17H22N4O4S. The van der Waals surface area contributed by atoms with Crippen LogP contribution in [0.1, 0.15) is 29.6 Å². The topological polar surface area (TPSA) is 108 Å². The summed E-state index contributed by atoms with van der Waals surface area (Å²) in [5, 5.41) is 5.80. The van der Waals surface area contributed by atoms with E-state index in [-0.39, 0.29) is 30.7 Å². The van der Waals surface area contributed by atoms with Crippen molar-refractivity contribution >= 4 is 27.5 Å². The van der Waals surface area contributed by atoms with Crippen molar-refractivity contribution in [3.05, 3.63) is 23.9 Å². The van der Waals surface area contributed by atoms with Crippen LogP contribution in [0.15, 0.2) is 18.3 Å². The largest absolute Gasteiger partial charge is 0.367 e. The number of aromatic nitrogens is 1. The van der Waals surface area contributed by atoms with Crippen LogP contribution < -0.4 is 10.6 Å². The van der Waals surface area contributed by atoms with Crippen LogP contribution in [-0.4, -0.2) is 66.8 Å². The van der Waals surface area contributed by atoms with Crippen LogP contribution in [0.25, 0.3) is 0 Å². The van der Waals surface area contributed by atoms with Crippen molar-refractivity contribution in [2.45, 2.75) is 30.1 Å². The molecule has 140 valence electrons. The zero-order valence-corrected chi connectivity index (χ0v) is 15.4. The molecule has 2 saturated heterocycles. The van der Waals surface area contributed by atoms with Gasteiger partial charge in [-0.3, -0.25) is 9.59 Å². The number of pyridine rings is 1. The number of anilines is 1. The third-order valence-corrected chi connectivity index (χ3v) is 8.19. The van der Waals surface area contributed by atoms with E-state index in [1.165, 1.54) is 18.1 Å². The number of amides is 2. The summed E-state index contributed by atoms with van der Waals surface area (Å²) in [4.78, 5) is 30.5. The molecule has 1 atom stereocenters. The standard InChI is InChI=1S/C17H22N4O4S/c1-18-15(22)13-6-7-26(24,25)17(13)9-21(10-17)16(23)11-2-5-14(19-8-11)20-12-3-4-12/h2,5,8,12-13H,3-4,6-7,9-10H2,1H3,(H,18,22)(H,19,20). The second-order valence-corrected chi connectivity index (χ2v) is 9.80. The smallest absolute Gasteiger partial charge is 0.255 e. The molecule has 2 aliphatic heterocycles. The molecule has 1 aliphatic carbocycles. The van der Waals surface area contributed by atoms with Crippen LogP contribution in [0.5, 0.6) is 0 Å². The molecule has 3 heterocycles. The molecule has 4 rings (SSSR count). The van der Waals surface area contributed by atoms with Gasteiger partial charge < -0.3 is 15.5 Å². The van der Waals surface area contributed by atoms with Crippen molar-refractivity contribution in [3.8, 4) is 0 Å². The molecule has 0 aromatic carbocycles. The summed E-state index contributed by atoms with van der Waals surface area (Å²) in [6.07, 6.45) is 4.10. The zero-order chi connectivity index (χ0) is 18.5. The molecule has 2 amide bonds. The lowest BCUT2D eigenvalue weighted by Gasteiger charge is -2.49. The van der Waals surface area contributed by atoms with E-state index in [4.69, 9.17) is 0 Å². The summed E-state index contributed by atoms with van der Waals surface area (Å²) in [5.41, 5.74) is 0.424. The van der Waals surface area contributed by atoms with Gasteiger partial charge in [0.15, 0.2) is 9.84 Å². The average molecular weight is 378 g/mol. The number of carbonyl (C=O) groups is 2. The minimum Gasteiger partial charge on any atom is -0.367 e. The number of nitrogens with zero attached hydrogens (tertiary/aromatic N) is 2. The van der Waals surface area contributed by atoms with Gasteiger partial charge in [0.2, 0.25) is 5.91 Å². The van der Waals surface area contributed by atoms with Gasteiger partial charge >= 0.3 is 0 Å². The molecule has 2 N–H and O–H groups in total. The van der Waals surface area contributed by atoms with E-state index in [1.807, 2.05) is 0 Å². The van der Waals surface area contributed by atoms with Crippen LogP contribution in [0, 0.1) is 5.92 Å². The molecule has 0 radical (unpaired) electrons. The Balaban J connectivity index is 1.47. The molecule has 9 heteroatoms. The third kappa shape index (κ3) is 2.65. The fourth-order valence-electron chi connectivity index (χ4n) is 3.89. The highest BCUT2D eigenvalue weighted by Gasteiger charge is 2.64. The van der Waals surface area contributed by atoms with Crippen molar-refractivity contribution < 1.29 is 18.0 Å². The first-order valence-corrected chi connectivity index (χ1v) is 10.5. The second-order valence-electron chi connectivity index (χ2n) is 7.35. The van der Waals surface area contributed by atoms with Crippen LogP contribution in [0.3, 0.4) is 0 Å².